The molecule has 0 spiro atoms. The summed E-state index contributed by atoms with van der Waals surface area (Å²) in [6.07, 6.45) is 10.4. The molecular formula is C18H27N3. The molecule has 1 aromatic carbocycles. The maximum absolute atomic E-state index is 6.44. The highest BCUT2D eigenvalue weighted by Crippen LogP contribution is 2.27. The Morgan fingerprint density at radius 1 is 1.19 bits per heavy atom. The second-order valence-electron chi connectivity index (χ2n) is 6.64. The average molecular weight is 285 g/mol. The standard InChI is InChI=1S/C18H27N3/c1-21-18-11-7-6-10-16(18)17(20-21)13-15(19)12-14-8-4-2-3-5-9-14/h6-7,10-11,14-15H,2-5,8-9,12-13,19H2,1H3. The summed E-state index contributed by atoms with van der Waals surface area (Å²) in [6.45, 7) is 0. The van der Waals surface area contributed by atoms with Crippen molar-refractivity contribution in [1.82, 2.24) is 9.78 Å². The third-order valence-corrected chi connectivity index (χ3v) is 4.90. The Hall–Kier alpha value is -1.35. The molecule has 2 aromatic rings. The van der Waals surface area contributed by atoms with E-state index in [1.54, 1.807) is 0 Å². The van der Waals surface area contributed by atoms with E-state index in [1.165, 1.54) is 49.4 Å². The van der Waals surface area contributed by atoms with Gasteiger partial charge in [0.05, 0.1) is 11.2 Å². The van der Waals surface area contributed by atoms with E-state index in [1.807, 2.05) is 11.7 Å². The summed E-state index contributed by atoms with van der Waals surface area (Å²) in [4.78, 5) is 0. The molecule has 3 heteroatoms. The van der Waals surface area contributed by atoms with Crippen LogP contribution in [0.1, 0.15) is 50.6 Å². The fraction of sp³-hybridized carbons (Fsp3) is 0.611. The zero-order chi connectivity index (χ0) is 14.7. The van der Waals surface area contributed by atoms with Crippen molar-refractivity contribution in [1.29, 1.82) is 0 Å². The first-order valence-corrected chi connectivity index (χ1v) is 8.40. The second kappa shape index (κ2) is 6.61. The van der Waals surface area contributed by atoms with Gasteiger partial charge in [-0.15, -0.1) is 0 Å². The maximum Gasteiger partial charge on any atom is 0.0718 e. The molecule has 1 fully saturated rings. The van der Waals surface area contributed by atoms with Crippen molar-refractivity contribution in [3.8, 4) is 0 Å². The minimum Gasteiger partial charge on any atom is -0.327 e. The van der Waals surface area contributed by atoms with Crippen LogP contribution >= 0.6 is 0 Å². The number of nitrogens with zero attached hydrogens (tertiary/aromatic N) is 2. The Morgan fingerprint density at radius 2 is 1.90 bits per heavy atom. The fourth-order valence-electron chi connectivity index (χ4n) is 3.80. The number of rotatable bonds is 4. The van der Waals surface area contributed by atoms with Crippen LogP contribution in [0.3, 0.4) is 0 Å². The minimum atomic E-state index is 0.242. The molecule has 0 saturated heterocycles. The first kappa shape index (κ1) is 14.6. The molecule has 0 radical (unpaired) electrons. The van der Waals surface area contributed by atoms with Gasteiger partial charge in [-0.05, 0) is 18.4 Å². The third-order valence-electron chi connectivity index (χ3n) is 4.90. The minimum absolute atomic E-state index is 0.242. The normalized spacial score (nSPS) is 18.8. The van der Waals surface area contributed by atoms with Gasteiger partial charge in [-0.25, -0.2) is 0 Å². The Balaban J connectivity index is 1.67. The van der Waals surface area contributed by atoms with Crippen molar-refractivity contribution in [2.24, 2.45) is 18.7 Å². The lowest BCUT2D eigenvalue weighted by atomic mass is 9.91. The average Bonchev–Trinajstić information content (AvgIpc) is 2.67. The van der Waals surface area contributed by atoms with Crippen molar-refractivity contribution in [3.05, 3.63) is 30.0 Å². The third kappa shape index (κ3) is 3.46. The molecule has 1 atom stereocenters. The molecule has 114 valence electrons. The number of nitrogens with two attached hydrogens (primary N) is 1. The van der Waals surface area contributed by atoms with Gasteiger partial charge in [-0.1, -0.05) is 56.7 Å². The van der Waals surface area contributed by atoms with Crippen molar-refractivity contribution >= 4 is 10.9 Å². The maximum atomic E-state index is 6.44. The van der Waals surface area contributed by atoms with Crippen molar-refractivity contribution in [3.63, 3.8) is 0 Å². The van der Waals surface area contributed by atoms with Gasteiger partial charge in [0.25, 0.3) is 0 Å². The summed E-state index contributed by atoms with van der Waals surface area (Å²) >= 11 is 0. The molecule has 2 N–H and O–H groups in total. The lowest BCUT2D eigenvalue weighted by Gasteiger charge is -2.18. The van der Waals surface area contributed by atoms with Crippen molar-refractivity contribution in [2.75, 3.05) is 0 Å². The first-order chi connectivity index (χ1) is 10.2. The second-order valence-corrected chi connectivity index (χ2v) is 6.64. The Kier molecular flexibility index (Phi) is 4.59. The van der Waals surface area contributed by atoms with E-state index in [2.05, 4.69) is 29.4 Å². The molecule has 21 heavy (non-hydrogen) atoms. The summed E-state index contributed by atoms with van der Waals surface area (Å²) < 4.78 is 1.98. The van der Waals surface area contributed by atoms with E-state index in [0.717, 1.165) is 24.5 Å². The number of para-hydroxylation sites is 1. The summed E-state index contributed by atoms with van der Waals surface area (Å²) in [5, 5.41) is 5.94. The molecule has 3 nitrogen and oxygen atoms in total. The molecule has 0 aliphatic heterocycles. The van der Waals surface area contributed by atoms with Gasteiger partial charge < -0.3 is 5.73 Å². The lowest BCUT2D eigenvalue weighted by Crippen LogP contribution is -2.26. The highest BCUT2D eigenvalue weighted by molar-refractivity contribution is 5.81. The summed E-state index contributed by atoms with van der Waals surface area (Å²) in [7, 11) is 2.02. The van der Waals surface area contributed by atoms with Crippen LogP contribution in [0.15, 0.2) is 24.3 Å². The number of benzene rings is 1. The van der Waals surface area contributed by atoms with E-state index in [0.29, 0.717) is 0 Å². The summed E-state index contributed by atoms with van der Waals surface area (Å²) in [5.74, 6) is 0.831. The van der Waals surface area contributed by atoms with Crippen LogP contribution in [0.4, 0.5) is 0 Å². The topological polar surface area (TPSA) is 43.8 Å². The van der Waals surface area contributed by atoms with Gasteiger partial charge >= 0.3 is 0 Å². The fourth-order valence-corrected chi connectivity index (χ4v) is 3.80. The first-order valence-electron chi connectivity index (χ1n) is 8.40. The molecule has 1 saturated carbocycles. The number of hydrogen-bond donors (Lipinski definition) is 1. The van der Waals surface area contributed by atoms with Crippen molar-refractivity contribution in [2.45, 2.75) is 57.4 Å². The van der Waals surface area contributed by atoms with Gasteiger partial charge in [0, 0.05) is 24.9 Å². The highest BCUT2D eigenvalue weighted by Gasteiger charge is 2.18. The van der Waals surface area contributed by atoms with Crippen LogP contribution in [-0.2, 0) is 13.5 Å². The predicted molar refractivity (Wildman–Crippen MR) is 88.2 cm³/mol. The monoisotopic (exact) mass is 285 g/mol. The highest BCUT2D eigenvalue weighted by atomic mass is 15.3. The van der Waals surface area contributed by atoms with Crippen LogP contribution in [0.2, 0.25) is 0 Å². The Labute approximate surface area is 127 Å². The van der Waals surface area contributed by atoms with Crippen molar-refractivity contribution < 1.29 is 0 Å². The van der Waals surface area contributed by atoms with Crippen LogP contribution in [0, 0.1) is 5.92 Å². The molecule has 1 heterocycles. The predicted octanol–water partition coefficient (Wildman–Crippen LogP) is 3.80. The number of fused-ring (bicyclic) bond motifs is 1. The molecule has 1 unspecified atom stereocenters. The number of aromatic nitrogens is 2. The Bertz CT molecular complexity index is 579. The number of aryl methyl sites for hydroxylation is 1. The van der Waals surface area contributed by atoms with Crippen LogP contribution in [0.5, 0.6) is 0 Å². The molecule has 0 bridgehead atoms. The van der Waals surface area contributed by atoms with Crippen LogP contribution in [-0.4, -0.2) is 15.8 Å². The van der Waals surface area contributed by atoms with Crippen LogP contribution < -0.4 is 5.73 Å². The molecule has 1 aliphatic carbocycles. The lowest BCUT2D eigenvalue weighted by molar-refractivity contribution is 0.386. The molecular weight excluding hydrogens is 258 g/mol. The van der Waals surface area contributed by atoms with E-state index in [4.69, 9.17) is 5.73 Å². The van der Waals surface area contributed by atoms with E-state index < -0.39 is 0 Å². The largest absolute Gasteiger partial charge is 0.327 e. The molecule has 0 amide bonds. The van der Waals surface area contributed by atoms with Gasteiger partial charge in [0.15, 0.2) is 0 Å². The Morgan fingerprint density at radius 3 is 2.67 bits per heavy atom. The molecule has 1 aromatic heterocycles. The quantitative estimate of drug-likeness (QED) is 0.868. The zero-order valence-electron chi connectivity index (χ0n) is 13.1. The summed E-state index contributed by atoms with van der Waals surface area (Å²) in [6, 6.07) is 8.69. The van der Waals surface area contributed by atoms with Gasteiger partial charge in [-0.3, -0.25) is 4.68 Å². The number of hydrogen-bond acceptors (Lipinski definition) is 2. The van der Waals surface area contributed by atoms with Crippen LogP contribution in [0.25, 0.3) is 10.9 Å². The van der Waals surface area contributed by atoms with E-state index in [9.17, 15) is 0 Å². The molecule has 3 rings (SSSR count). The zero-order valence-corrected chi connectivity index (χ0v) is 13.1. The van der Waals surface area contributed by atoms with Gasteiger partial charge in [-0.2, -0.15) is 5.10 Å². The molecule has 1 aliphatic rings. The van der Waals surface area contributed by atoms with E-state index in [-0.39, 0.29) is 6.04 Å². The summed E-state index contributed by atoms with van der Waals surface area (Å²) in [5.41, 5.74) is 8.80. The smallest absolute Gasteiger partial charge is 0.0718 e. The van der Waals surface area contributed by atoms with E-state index >= 15 is 0 Å². The van der Waals surface area contributed by atoms with Gasteiger partial charge in [0.2, 0.25) is 0 Å². The van der Waals surface area contributed by atoms with Gasteiger partial charge in [0.1, 0.15) is 0 Å². The SMILES string of the molecule is Cn1nc(CC(N)CC2CCCCCC2)c2ccccc21.